The number of aromatic nitrogens is 2. The number of carbonyl (C=O) groups excluding carboxylic acids is 1. The minimum Gasteiger partial charge on any atom is -0.346 e. The normalized spacial score (nSPS) is 10.9. The number of hydrogen-bond acceptors (Lipinski definition) is 5. The van der Waals surface area contributed by atoms with E-state index < -0.39 is 5.91 Å². The molecule has 0 radical (unpaired) electrons. The van der Waals surface area contributed by atoms with Crippen molar-refractivity contribution in [3.63, 3.8) is 0 Å². The molecule has 25 heavy (non-hydrogen) atoms. The third kappa shape index (κ3) is 4.37. The number of carbonyl (C=O) groups is 1. The molecular formula is C19H14N4OS. The molecule has 0 fully saturated rings. The molecule has 6 heteroatoms. The highest BCUT2D eigenvalue weighted by Gasteiger charge is 2.10. The van der Waals surface area contributed by atoms with Gasteiger partial charge in [0.1, 0.15) is 16.6 Å². The van der Waals surface area contributed by atoms with Crippen molar-refractivity contribution in [3.8, 4) is 16.6 Å². The summed E-state index contributed by atoms with van der Waals surface area (Å²) in [4.78, 5) is 20.7. The van der Waals surface area contributed by atoms with Crippen LogP contribution in [0.5, 0.6) is 0 Å². The molecule has 0 atom stereocenters. The van der Waals surface area contributed by atoms with E-state index in [1.807, 2.05) is 53.9 Å². The molecule has 0 saturated heterocycles. The highest BCUT2D eigenvalue weighted by Crippen LogP contribution is 2.22. The first-order valence-corrected chi connectivity index (χ1v) is 8.44. The fourth-order valence-electron chi connectivity index (χ4n) is 2.14. The first-order chi connectivity index (χ1) is 12.3. The molecule has 3 rings (SSSR count). The SMILES string of the molecule is N#C/C(=C\c1ccccc1)C(=O)NCc1csc(-c2cccnc2)n1. The third-order valence-electron chi connectivity index (χ3n) is 3.37. The highest BCUT2D eigenvalue weighted by molar-refractivity contribution is 7.13. The Morgan fingerprint density at radius 2 is 2.08 bits per heavy atom. The monoisotopic (exact) mass is 346 g/mol. The van der Waals surface area contributed by atoms with E-state index in [-0.39, 0.29) is 12.1 Å². The van der Waals surface area contributed by atoms with Crippen LogP contribution in [0, 0.1) is 11.3 Å². The maximum atomic E-state index is 12.2. The van der Waals surface area contributed by atoms with Crippen LogP contribution in [-0.2, 0) is 11.3 Å². The van der Waals surface area contributed by atoms with Crippen LogP contribution in [0.25, 0.3) is 16.6 Å². The second kappa shape index (κ2) is 7.99. The molecule has 122 valence electrons. The molecule has 1 amide bonds. The van der Waals surface area contributed by atoms with Gasteiger partial charge in [-0.3, -0.25) is 9.78 Å². The summed E-state index contributed by atoms with van der Waals surface area (Å²) in [5, 5.41) is 14.7. The zero-order chi connectivity index (χ0) is 17.5. The van der Waals surface area contributed by atoms with Crippen molar-refractivity contribution in [1.29, 1.82) is 5.26 Å². The molecule has 0 aliphatic rings. The Morgan fingerprint density at radius 1 is 1.24 bits per heavy atom. The number of nitriles is 1. The van der Waals surface area contributed by atoms with Crippen LogP contribution in [0.4, 0.5) is 0 Å². The molecule has 3 aromatic rings. The fourth-order valence-corrected chi connectivity index (χ4v) is 2.95. The largest absolute Gasteiger partial charge is 0.346 e. The number of thiazole rings is 1. The molecule has 2 aromatic heterocycles. The molecule has 0 unspecified atom stereocenters. The van der Waals surface area contributed by atoms with Gasteiger partial charge in [0.25, 0.3) is 5.91 Å². The Bertz CT molecular complexity index is 927. The van der Waals surface area contributed by atoms with Crippen molar-refractivity contribution in [2.75, 3.05) is 0 Å². The average Bonchev–Trinajstić information content (AvgIpc) is 3.15. The Labute approximate surface area is 149 Å². The van der Waals surface area contributed by atoms with E-state index in [0.29, 0.717) is 0 Å². The lowest BCUT2D eigenvalue weighted by Gasteiger charge is -2.02. The van der Waals surface area contributed by atoms with Gasteiger partial charge in [0, 0.05) is 23.3 Å². The first-order valence-electron chi connectivity index (χ1n) is 7.56. The molecule has 2 heterocycles. The number of hydrogen-bond donors (Lipinski definition) is 1. The van der Waals surface area contributed by atoms with Crippen molar-refractivity contribution in [2.24, 2.45) is 0 Å². The second-order valence-electron chi connectivity index (χ2n) is 5.15. The van der Waals surface area contributed by atoms with Crippen LogP contribution in [-0.4, -0.2) is 15.9 Å². The van der Waals surface area contributed by atoms with E-state index in [2.05, 4.69) is 15.3 Å². The molecule has 0 saturated carbocycles. The van der Waals surface area contributed by atoms with Crippen LogP contribution in [0.2, 0.25) is 0 Å². The van der Waals surface area contributed by atoms with Gasteiger partial charge in [-0.1, -0.05) is 30.3 Å². The van der Waals surface area contributed by atoms with Gasteiger partial charge in [-0.2, -0.15) is 5.26 Å². The summed E-state index contributed by atoms with van der Waals surface area (Å²) in [5.74, 6) is -0.415. The van der Waals surface area contributed by atoms with Crippen LogP contribution in [0.3, 0.4) is 0 Å². The maximum absolute atomic E-state index is 12.2. The van der Waals surface area contributed by atoms with Gasteiger partial charge in [0.2, 0.25) is 0 Å². The number of benzene rings is 1. The van der Waals surface area contributed by atoms with Crippen molar-refractivity contribution in [3.05, 3.63) is 77.1 Å². The summed E-state index contributed by atoms with van der Waals surface area (Å²) in [6, 6.07) is 15.0. The summed E-state index contributed by atoms with van der Waals surface area (Å²) in [6.45, 7) is 0.267. The predicted octanol–water partition coefficient (Wildman–Crippen LogP) is 3.43. The Morgan fingerprint density at radius 3 is 2.80 bits per heavy atom. The molecule has 0 bridgehead atoms. The number of rotatable bonds is 5. The summed E-state index contributed by atoms with van der Waals surface area (Å²) in [5.41, 5.74) is 2.55. The Balaban J connectivity index is 1.65. The second-order valence-corrected chi connectivity index (χ2v) is 6.01. The first kappa shape index (κ1) is 16.6. The van der Waals surface area contributed by atoms with Crippen molar-refractivity contribution < 1.29 is 4.79 Å². The van der Waals surface area contributed by atoms with Crippen molar-refractivity contribution >= 4 is 23.3 Å². The number of nitrogens with one attached hydrogen (secondary N) is 1. The van der Waals surface area contributed by atoms with Gasteiger partial charge in [-0.15, -0.1) is 11.3 Å². The maximum Gasteiger partial charge on any atom is 0.262 e. The topological polar surface area (TPSA) is 78.7 Å². The van der Waals surface area contributed by atoms with Crippen LogP contribution in [0.15, 0.2) is 65.8 Å². The minimum absolute atomic E-state index is 0.0638. The number of pyridine rings is 1. The summed E-state index contributed by atoms with van der Waals surface area (Å²) in [7, 11) is 0. The summed E-state index contributed by atoms with van der Waals surface area (Å²) in [6.07, 6.45) is 5.02. The van der Waals surface area contributed by atoms with E-state index in [1.165, 1.54) is 11.3 Å². The zero-order valence-electron chi connectivity index (χ0n) is 13.2. The zero-order valence-corrected chi connectivity index (χ0v) is 14.0. The van der Waals surface area contributed by atoms with Gasteiger partial charge in [-0.25, -0.2) is 4.98 Å². The predicted molar refractivity (Wildman–Crippen MR) is 97.2 cm³/mol. The Hall–Kier alpha value is -3.30. The van der Waals surface area contributed by atoms with Crippen molar-refractivity contribution in [2.45, 2.75) is 6.54 Å². The van der Waals surface area contributed by atoms with Crippen LogP contribution in [0.1, 0.15) is 11.3 Å². The van der Waals surface area contributed by atoms with E-state index in [9.17, 15) is 10.1 Å². The minimum atomic E-state index is -0.415. The van der Waals surface area contributed by atoms with Gasteiger partial charge < -0.3 is 5.32 Å². The van der Waals surface area contributed by atoms with Gasteiger partial charge in [0.15, 0.2) is 0 Å². The highest BCUT2D eigenvalue weighted by atomic mass is 32.1. The van der Waals surface area contributed by atoms with Crippen LogP contribution >= 0.6 is 11.3 Å². The fraction of sp³-hybridized carbons (Fsp3) is 0.0526. The lowest BCUT2D eigenvalue weighted by atomic mass is 10.1. The van der Waals surface area contributed by atoms with Crippen LogP contribution < -0.4 is 5.32 Å². The van der Waals surface area contributed by atoms with Crippen molar-refractivity contribution in [1.82, 2.24) is 15.3 Å². The van der Waals surface area contributed by atoms with E-state index in [1.54, 1.807) is 18.5 Å². The smallest absolute Gasteiger partial charge is 0.262 e. The van der Waals surface area contributed by atoms with E-state index in [0.717, 1.165) is 21.8 Å². The third-order valence-corrected chi connectivity index (χ3v) is 4.31. The molecular weight excluding hydrogens is 332 g/mol. The van der Waals surface area contributed by atoms with Gasteiger partial charge in [0.05, 0.1) is 12.2 Å². The number of amides is 1. The molecule has 0 aliphatic heterocycles. The Kier molecular flexibility index (Phi) is 5.29. The molecule has 5 nitrogen and oxygen atoms in total. The lowest BCUT2D eigenvalue weighted by Crippen LogP contribution is -2.24. The lowest BCUT2D eigenvalue weighted by molar-refractivity contribution is -0.117. The van der Waals surface area contributed by atoms with Gasteiger partial charge >= 0.3 is 0 Å². The molecule has 0 aliphatic carbocycles. The molecule has 1 aromatic carbocycles. The van der Waals surface area contributed by atoms with Gasteiger partial charge in [-0.05, 0) is 23.8 Å². The van der Waals surface area contributed by atoms with E-state index >= 15 is 0 Å². The average molecular weight is 346 g/mol. The molecule has 0 spiro atoms. The quantitative estimate of drug-likeness (QED) is 0.567. The summed E-state index contributed by atoms with van der Waals surface area (Å²) >= 11 is 1.49. The standard InChI is InChI=1S/C19H14N4OS/c20-10-16(9-14-5-2-1-3-6-14)18(24)22-12-17-13-25-19(23-17)15-7-4-8-21-11-15/h1-9,11,13H,12H2,(H,22,24)/b16-9+. The summed E-state index contributed by atoms with van der Waals surface area (Å²) < 4.78 is 0. The molecule has 1 N–H and O–H groups in total. The number of nitrogens with zero attached hydrogens (tertiary/aromatic N) is 3. The van der Waals surface area contributed by atoms with E-state index in [4.69, 9.17) is 0 Å².